The van der Waals surface area contributed by atoms with Crippen LogP contribution >= 0.6 is 0 Å². The highest BCUT2D eigenvalue weighted by Gasteiger charge is 2.39. The Labute approximate surface area is 124 Å². The first-order valence-electron chi connectivity index (χ1n) is 6.59. The van der Waals surface area contributed by atoms with Crippen molar-refractivity contribution in [1.29, 1.82) is 0 Å². The SMILES string of the molecule is COc1nc2c(ncn2[C@@H]2OC[C@@H](O)[C@H](O)[C@H]2O)c(=O)n1C. The zero-order chi connectivity index (χ0) is 16.0. The van der Waals surface area contributed by atoms with E-state index >= 15 is 0 Å². The molecule has 3 N–H and O–H groups in total. The highest BCUT2D eigenvalue weighted by molar-refractivity contribution is 5.70. The monoisotopic (exact) mass is 312 g/mol. The summed E-state index contributed by atoms with van der Waals surface area (Å²) in [5.74, 6) is 0. The van der Waals surface area contributed by atoms with E-state index in [1.54, 1.807) is 0 Å². The molecule has 10 nitrogen and oxygen atoms in total. The van der Waals surface area contributed by atoms with Crippen molar-refractivity contribution in [2.45, 2.75) is 24.5 Å². The van der Waals surface area contributed by atoms with Crippen LogP contribution in [0.15, 0.2) is 11.1 Å². The Morgan fingerprint density at radius 3 is 2.77 bits per heavy atom. The van der Waals surface area contributed by atoms with E-state index in [1.807, 2.05) is 0 Å². The molecule has 1 fully saturated rings. The van der Waals surface area contributed by atoms with Gasteiger partial charge in [0.2, 0.25) is 0 Å². The molecule has 1 saturated heterocycles. The van der Waals surface area contributed by atoms with Crippen LogP contribution in [-0.4, -0.2) is 66.5 Å². The highest BCUT2D eigenvalue weighted by Crippen LogP contribution is 2.26. The molecule has 3 rings (SSSR count). The van der Waals surface area contributed by atoms with Crippen LogP contribution in [0.1, 0.15) is 6.23 Å². The van der Waals surface area contributed by atoms with E-state index in [1.165, 1.54) is 29.6 Å². The molecule has 10 heteroatoms. The van der Waals surface area contributed by atoms with Crippen LogP contribution in [0.25, 0.3) is 11.2 Å². The fraction of sp³-hybridized carbons (Fsp3) is 0.583. The summed E-state index contributed by atoms with van der Waals surface area (Å²) in [4.78, 5) is 20.3. The summed E-state index contributed by atoms with van der Waals surface area (Å²) in [5, 5.41) is 29.3. The van der Waals surface area contributed by atoms with E-state index < -0.39 is 30.1 Å². The van der Waals surface area contributed by atoms with Gasteiger partial charge in [-0.15, -0.1) is 0 Å². The van der Waals surface area contributed by atoms with E-state index in [-0.39, 0.29) is 23.8 Å². The van der Waals surface area contributed by atoms with Crippen molar-refractivity contribution in [3.8, 4) is 6.01 Å². The maximum atomic E-state index is 12.2. The van der Waals surface area contributed by atoms with Gasteiger partial charge in [-0.2, -0.15) is 4.98 Å². The fourth-order valence-electron chi connectivity index (χ4n) is 2.43. The molecule has 1 aliphatic heterocycles. The van der Waals surface area contributed by atoms with Gasteiger partial charge in [-0.1, -0.05) is 0 Å². The Hall–Kier alpha value is -2.01. The molecule has 0 spiro atoms. The molecule has 0 aliphatic carbocycles. The molecule has 0 saturated carbocycles. The Bertz CT molecular complexity index is 756. The second-order valence-electron chi connectivity index (χ2n) is 5.06. The lowest BCUT2D eigenvalue weighted by Gasteiger charge is -2.35. The molecular formula is C12H16N4O6. The first-order valence-corrected chi connectivity index (χ1v) is 6.59. The molecular weight excluding hydrogens is 296 g/mol. The summed E-state index contributed by atoms with van der Waals surface area (Å²) in [7, 11) is 2.87. The minimum absolute atomic E-state index is 0.0742. The number of methoxy groups -OCH3 is 1. The Kier molecular flexibility index (Phi) is 3.60. The maximum absolute atomic E-state index is 12.2. The molecule has 120 valence electrons. The van der Waals surface area contributed by atoms with Crippen LogP contribution in [0.3, 0.4) is 0 Å². The first kappa shape index (κ1) is 14.9. The number of aliphatic hydroxyl groups excluding tert-OH is 3. The van der Waals surface area contributed by atoms with Gasteiger partial charge in [0, 0.05) is 7.05 Å². The molecule has 1 aliphatic rings. The van der Waals surface area contributed by atoms with Crippen molar-refractivity contribution in [1.82, 2.24) is 19.1 Å². The number of imidazole rings is 1. The summed E-state index contributed by atoms with van der Waals surface area (Å²) >= 11 is 0. The molecule has 0 amide bonds. The normalized spacial score (nSPS) is 29.0. The third kappa shape index (κ3) is 2.08. The molecule has 0 unspecified atom stereocenters. The van der Waals surface area contributed by atoms with Gasteiger partial charge in [0.05, 0.1) is 20.0 Å². The molecule has 0 radical (unpaired) electrons. The fourth-order valence-corrected chi connectivity index (χ4v) is 2.43. The summed E-state index contributed by atoms with van der Waals surface area (Å²) in [5.41, 5.74) is -0.168. The lowest BCUT2D eigenvalue weighted by Crippen LogP contribution is -2.50. The maximum Gasteiger partial charge on any atom is 0.300 e. The summed E-state index contributed by atoms with van der Waals surface area (Å²) in [6.07, 6.45) is -3.68. The third-order valence-corrected chi connectivity index (χ3v) is 3.69. The largest absolute Gasteiger partial charge is 0.468 e. The Morgan fingerprint density at radius 2 is 2.09 bits per heavy atom. The van der Waals surface area contributed by atoms with Crippen molar-refractivity contribution in [3.63, 3.8) is 0 Å². The topological polar surface area (TPSA) is 132 Å². The van der Waals surface area contributed by atoms with Crippen molar-refractivity contribution < 1.29 is 24.8 Å². The van der Waals surface area contributed by atoms with Crippen molar-refractivity contribution in [3.05, 3.63) is 16.7 Å². The highest BCUT2D eigenvalue weighted by atomic mass is 16.5. The number of ether oxygens (including phenoxy) is 2. The predicted octanol–water partition coefficient (Wildman–Crippen LogP) is -2.25. The Balaban J connectivity index is 2.12. The lowest BCUT2D eigenvalue weighted by molar-refractivity contribution is -0.210. The zero-order valence-corrected chi connectivity index (χ0v) is 11.9. The quantitative estimate of drug-likeness (QED) is 0.566. The lowest BCUT2D eigenvalue weighted by atomic mass is 10.0. The van der Waals surface area contributed by atoms with Gasteiger partial charge in [-0.05, 0) is 0 Å². The molecule has 0 bridgehead atoms. The van der Waals surface area contributed by atoms with E-state index in [4.69, 9.17) is 9.47 Å². The average molecular weight is 312 g/mol. The molecule has 3 heterocycles. The van der Waals surface area contributed by atoms with Crippen LogP contribution in [0.4, 0.5) is 0 Å². The number of hydrogen-bond acceptors (Lipinski definition) is 8. The van der Waals surface area contributed by atoms with Crippen LogP contribution in [0.2, 0.25) is 0 Å². The number of nitrogens with zero attached hydrogens (tertiary/aromatic N) is 4. The van der Waals surface area contributed by atoms with Crippen LogP contribution in [0.5, 0.6) is 6.01 Å². The second kappa shape index (κ2) is 5.32. The van der Waals surface area contributed by atoms with Gasteiger partial charge in [-0.25, -0.2) is 4.98 Å². The van der Waals surface area contributed by atoms with Crippen molar-refractivity contribution in [2.75, 3.05) is 13.7 Å². The molecule has 2 aromatic heterocycles. The smallest absolute Gasteiger partial charge is 0.300 e. The van der Waals surface area contributed by atoms with Crippen molar-refractivity contribution >= 4 is 11.2 Å². The number of fused-ring (bicyclic) bond motifs is 1. The minimum Gasteiger partial charge on any atom is -0.468 e. The molecule has 4 atom stereocenters. The average Bonchev–Trinajstić information content (AvgIpc) is 2.92. The Morgan fingerprint density at radius 1 is 1.36 bits per heavy atom. The van der Waals surface area contributed by atoms with Gasteiger partial charge in [0.1, 0.15) is 18.3 Å². The van der Waals surface area contributed by atoms with E-state index in [2.05, 4.69) is 9.97 Å². The molecule has 2 aromatic rings. The van der Waals surface area contributed by atoms with E-state index in [0.29, 0.717) is 0 Å². The summed E-state index contributed by atoms with van der Waals surface area (Å²) < 4.78 is 12.9. The van der Waals surface area contributed by atoms with Gasteiger partial charge in [0.15, 0.2) is 17.4 Å². The van der Waals surface area contributed by atoms with Crippen LogP contribution in [-0.2, 0) is 11.8 Å². The number of aliphatic hydroxyl groups is 3. The molecule has 0 aromatic carbocycles. The van der Waals surface area contributed by atoms with E-state index in [0.717, 1.165) is 0 Å². The van der Waals surface area contributed by atoms with E-state index in [9.17, 15) is 20.1 Å². The van der Waals surface area contributed by atoms with Crippen molar-refractivity contribution in [2.24, 2.45) is 7.05 Å². The zero-order valence-electron chi connectivity index (χ0n) is 11.9. The van der Waals surface area contributed by atoms with Gasteiger partial charge >= 0.3 is 6.01 Å². The first-order chi connectivity index (χ1) is 10.5. The van der Waals surface area contributed by atoms with Gasteiger partial charge in [-0.3, -0.25) is 13.9 Å². The molecule has 22 heavy (non-hydrogen) atoms. The second-order valence-corrected chi connectivity index (χ2v) is 5.06. The minimum atomic E-state index is -1.39. The standard InChI is InChI=1S/C12H16N4O6/c1-15-10(20)6-9(14-12(15)21-2)16(4-13-6)11-8(19)7(18)5(17)3-22-11/h4-5,7-8,11,17-19H,3H2,1-2H3/t5-,7+,8-,11-/m1/s1. The van der Waals surface area contributed by atoms with Crippen LogP contribution in [0, 0.1) is 0 Å². The van der Waals surface area contributed by atoms with Gasteiger partial charge < -0.3 is 24.8 Å². The number of rotatable bonds is 2. The summed E-state index contributed by atoms with van der Waals surface area (Å²) in [6, 6.07) is 0.0742. The summed E-state index contributed by atoms with van der Waals surface area (Å²) in [6.45, 7) is -0.162. The third-order valence-electron chi connectivity index (χ3n) is 3.69. The predicted molar refractivity (Wildman–Crippen MR) is 72.3 cm³/mol. The number of hydrogen-bond donors (Lipinski definition) is 3. The van der Waals surface area contributed by atoms with Crippen LogP contribution < -0.4 is 10.3 Å². The van der Waals surface area contributed by atoms with Gasteiger partial charge in [0.25, 0.3) is 5.56 Å². The number of aromatic nitrogens is 4.